The van der Waals surface area contributed by atoms with Gasteiger partial charge in [0.05, 0.1) is 13.2 Å². The number of carbonyl (C=O) groups excluding carboxylic acids is 1. The summed E-state index contributed by atoms with van der Waals surface area (Å²) >= 11 is 0. The molecule has 1 saturated heterocycles. The lowest BCUT2D eigenvalue weighted by Gasteiger charge is -2.34. The molecule has 1 atom stereocenters. The summed E-state index contributed by atoms with van der Waals surface area (Å²) in [5.74, 6) is -0.0652. The van der Waals surface area contributed by atoms with Gasteiger partial charge in [0.2, 0.25) is 5.91 Å². The van der Waals surface area contributed by atoms with E-state index in [-0.39, 0.29) is 17.5 Å². The van der Waals surface area contributed by atoms with E-state index >= 15 is 0 Å². The standard InChI is InChI=1S/C13H20N4O3/c1-15-13(19)11-9-20-7-6-16(11)4-5-17-8-10(14)2-3-12(17)18/h2-3,8,11H,4-7,9,14H2,1H3,(H,15,19). The number of rotatable bonds is 4. The van der Waals surface area contributed by atoms with Crippen LogP contribution in [0.25, 0.3) is 0 Å². The maximum atomic E-state index is 11.8. The normalized spacial score (nSPS) is 19.8. The number of nitrogens with two attached hydrogens (primary N) is 1. The Morgan fingerprint density at radius 3 is 3.05 bits per heavy atom. The largest absolute Gasteiger partial charge is 0.398 e. The number of aromatic nitrogens is 1. The zero-order chi connectivity index (χ0) is 14.5. The van der Waals surface area contributed by atoms with Crippen LogP contribution in [0.4, 0.5) is 5.69 Å². The molecule has 7 nitrogen and oxygen atoms in total. The fourth-order valence-corrected chi connectivity index (χ4v) is 2.27. The van der Waals surface area contributed by atoms with Gasteiger partial charge >= 0.3 is 0 Å². The summed E-state index contributed by atoms with van der Waals surface area (Å²) in [6.07, 6.45) is 1.62. The molecule has 1 aromatic rings. The van der Waals surface area contributed by atoms with E-state index < -0.39 is 0 Å². The Balaban J connectivity index is 2.02. The van der Waals surface area contributed by atoms with Crippen molar-refractivity contribution in [2.75, 3.05) is 39.1 Å². The first-order valence-corrected chi connectivity index (χ1v) is 6.61. The third-order valence-corrected chi connectivity index (χ3v) is 3.42. The number of nitrogens with one attached hydrogen (secondary N) is 1. The molecule has 0 aliphatic carbocycles. The van der Waals surface area contributed by atoms with Crippen molar-refractivity contribution in [3.05, 3.63) is 28.7 Å². The molecular weight excluding hydrogens is 260 g/mol. The van der Waals surface area contributed by atoms with Crippen molar-refractivity contribution in [1.82, 2.24) is 14.8 Å². The van der Waals surface area contributed by atoms with Crippen LogP contribution in [0.15, 0.2) is 23.1 Å². The van der Waals surface area contributed by atoms with Crippen molar-refractivity contribution in [3.8, 4) is 0 Å². The molecule has 0 aromatic carbocycles. The lowest BCUT2D eigenvalue weighted by molar-refractivity contribution is -0.132. The van der Waals surface area contributed by atoms with Gasteiger partial charge in [-0.1, -0.05) is 0 Å². The highest BCUT2D eigenvalue weighted by Gasteiger charge is 2.28. The Hall–Kier alpha value is -1.86. The van der Waals surface area contributed by atoms with E-state index in [4.69, 9.17) is 10.5 Å². The fourth-order valence-electron chi connectivity index (χ4n) is 2.27. The van der Waals surface area contributed by atoms with Gasteiger partial charge in [0.1, 0.15) is 6.04 Å². The highest BCUT2D eigenvalue weighted by Crippen LogP contribution is 2.07. The molecule has 1 aromatic heterocycles. The average Bonchev–Trinajstić information content (AvgIpc) is 2.47. The van der Waals surface area contributed by atoms with Gasteiger partial charge in [-0.3, -0.25) is 14.5 Å². The second-order valence-electron chi connectivity index (χ2n) is 4.73. The van der Waals surface area contributed by atoms with Crippen LogP contribution in [0.2, 0.25) is 0 Å². The monoisotopic (exact) mass is 280 g/mol. The lowest BCUT2D eigenvalue weighted by Crippen LogP contribution is -2.54. The summed E-state index contributed by atoms with van der Waals surface area (Å²) in [5.41, 5.74) is 6.13. The van der Waals surface area contributed by atoms with E-state index in [1.54, 1.807) is 23.9 Å². The van der Waals surface area contributed by atoms with Gasteiger partial charge < -0.3 is 20.4 Å². The zero-order valence-electron chi connectivity index (χ0n) is 11.5. The topological polar surface area (TPSA) is 89.6 Å². The summed E-state index contributed by atoms with van der Waals surface area (Å²) in [6.45, 7) is 2.75. The van der Waals surface area contributed by atoms with Crippen LogP contribution < -0.4 is 16.6 Å². The van der Waals surface area contributed by atoms with E-state index in [0.29, 0.717) is 38.5 Å². The number of likely N-dealkylation sites (N-methyl/N-ethyl adjacent to an activating group) is 1. The highest BCUT2D eigenvalue weighted by molar-refractivity contribution is 5.81. The molecule has 1 aliphatic heterocycles. The number of nitrogen functional groups attached to an aromatic ring is 1. The minimum atomic E-state index is -0.300. The Labute approximate surface area is 117 Å². The van der Waals surface area contributed by atoms with Crippen molar-refractivity contribution in [2.24, 2.45) is 0 Å². The van der Waals surface area contributed by atoms with Crippen LogP contribution in [-0.2, 0) is 16.1 Å². The Morgan fingerprint density at radius 2 is 2.30 bits per heavy atom. The maximum absolute atomic E-state index is 11.8. The van der Waals surface area contributed by atoms with Gasteiger partial charge in [0.25, 0.3) is 5.56 Å². The summed E-state index contributed by atoms with van der Waals surface area (Å²) in [4.78, 5) is 25.5. The van der Waals surface area contributed by atoms with E-state index in [1.165, 1.54) is 6.07 Å². The second-order valence-corrected chi connectivity index (χ2v) is 4.73. The summed E-state index contributed by atoms with van der Waals surface area (Å²) < 4.78 is 6.90. The third-order valence-electron chi connectivity index (χ3n) is 3.42. The Kier molecular flexibility index (Phi) is 4.75. The van der Waals surface area contributed by atoms with Crippen molar-refractivity contribution < 1.29 is 9.53 Å². The molecule has 3 N–H and O–H groups in total. The predicted molar refractivity (Wildman–Crippen MR) is 75.4 cm³/mol. The summed E-state index contributed by atoms with van der Waals surface area (Å²) in [6, 6.07) is 2.73. The van der Waals surface area contributed by atoms with Crippen LogP contribution in [0, 0.1) is 0 Å². The molecule has 1 amide bonds. The number of ether oxygens (including phenoxy) is 1. The molecule has 7 heteroatoms. The molecule has 0 spiro atoms. The fraction of sp³-hybridized carbons (Fsp3) is 0.538. The molecule has 2 heterocycles. The number of pyridine rings is 1. The number of amides is 1. The Morgan fingerprint density at radius 1 is 1.50 bits per heavy atom. The van der Waals surface area contributed by atoms with E-state index in [9.17, 15) is 9.59 Å². The van der Waals surface area contributed by atoms with Crippen LogP contribution in [0.1, 0.15) is 0 Å². The van der Waals surface area contributed by atoms with E-state index in [0.717, 1.165) is 0 Å². The molecule has 0 bridgehead atoms. The number of hydrogen-bond donors (Lipinski definition) is 2. The SMILES string of the molecule is CNC(=O)C1COCCN1CCn1cc(N)ccc1=O. The molecule has 1 aliphatic rings. The van der Waals surface area contributed by atoms with Gasteiger partial charge in [-0.25, -0.2) is 0 Å². The molecule has 20 heavy (non-hydrogen) atoms. The molecule has 0 saturated carbocycles. The van der Waals surface area contributed by atoms with Crippen molar-refractivity contribution in [1.29, 1.82) is 0 Å². The first kappa shape index (κ1) is 14.5. The molecule has 2 rings (SSSR count). The quantitative estimate of drug-likeness (QED) is 0.729. The van der Waals surface area contributed by atoms with Crippen LogP contribution >= 0.6 is 0 Å². The van der Waals surface area contributed by atoms with Crippen molar-refractivity contribution in [2.45, 2.75) is 12.6 Å². The maximum Gasteiger partial charge on any atom is 0.250 e. The number of anilines is 1. The molecule has 1 unspecified atom stereocenters. The predicted octanol–water partition coefficient (Wildman–Crippen LogP) is -1.12. The highest BCUT2D eigenvalue weighted by atomic mass is 16.5. The minimum absolute atomic E-state index is 0.0652. The average molecular weight is 280 g/mol. The summed E-state index contributed by atoms with van der Waals surface area (Å²) in [5, 5.41) is 2.63. The minimum Gasteiger partial charge on any atom is -0.398 e. The van der Waals surface area contributed by atoms with Gasteiger partial charge in [-0.15, -0.1) is 0 Å². The van der Waals surface area contributed by atoms with E-state index in [1.807, 2.05) is 4.90 Å². The zero-order valence-corrected chi connectivity index (χ0v) is 11.5. The number of carbonyl (C=O) groups is 1. The van der Waals surface area contributed by atoms with Gasteiger partial charge in [-0.2, -0.15) is 0 Å². The molecule has 110 valence electrons. The number of hydrogen-bond acceptors (Lipinski definition) is 5. The van der Waals surface area contributed by atoms with Crippen LogP contribution in [0.3, 0.4) is 0 Å². The number of morpholine rings is 1. The third kappa shape index (κ3) is 3.37. The first-order chi connectivity index (χ1) is 9.61. The first-order valence-electron chi connectivity index (χ1n) is 6.61. The van der Waals surface area contributed by atoms with Gasteiger partial charge in [0, 0.05) is 44.6 Å². The molecule has 1 fully saturated rings. The van der Waals surface area contributed by atoms with E-state index in [2.05, 4.69) is 5.32 Å². The van der Waals surface area contributed by atoms with Crippen LogP contribution in [-0.4, -0.2) is 54.8 Å². The second kappa shape index (κ2) is 6.53. The van der Waals surface area contributed by atoms with Crippen molar-refractivity contribution in [3.63, 3.8) is 0 Å². The lowest BCUT2D eigenvalue weighted by atomic mass is 10.2. The van der Waals surface area contributed by atoms with Gasteiger partial charge in [0.15, 0.2) is 0 Å². The smallest absolute Gasteiger partial charge is 0.250 e. The Bertz CT molecular complexity index is 529. The molecule has 0 radical (unpaired) electrons. The van der Waals surface area contributed by atoms with Crippen molar-refractivity contribution >= 4 is 11.6 Å². The number of nitrogens with zero attached hydrogens (tertiary/aromatic N) is 2. The molecular formula is C13H20N4O3. The van der Waals surface area contributed by atoms with Gasteiger partial charge in [-0.05, 0) is 6.07 Å². The van der Waals surface area contributed by atoms with Crippen LogP contribution in [0.5, 0.6) is 0 Å². The summed E-state index contributed by atoms with van der Waals surface area (Å²) in [7, 11) is 1.61.